The van der Waals surface area contributed by atoms with Crippen molar-refractivity contribution >= 4 is 28.9 Å². The van der Waals surface area contributed by atoms with Gasteiger partial charge in [0.2, 0.25) is 0 Å². The third-order valence-corrected chi connectivity index (χ3v) is 5.87. The van der Waals surface area contributed by atoms with Gasteiger partial charge in [-0.3, -0.25) is 9.69 Å². The van der Waals surface area contributed by atoms with Crippen molar-refractivity contribution in [3.05, 3.63) is 99.8 Å². The molecule has 5 nitrogen and oxygen atoms in total. The summed E-state index contributed by atoms with van der Waals surface area (Å²) in [6.45, 7) is 4.78. The van der Waals surface area contributed by atoms with E-state index in [1.54, 1.807) is 18.2 Å². The van der Waals surface area contributed by atoms with Crippen molar-refractivity contribution < 1.29 is 9.18 Å². The van der Waals surface area contributed by atoms with E-state index in [0.29, 0.717) is 17.1 Å². The first-order valence-electron chi connectivity index (χ1n) is 10.9. The minimum absolute atomic E-state index is 0.323. The van der Waals surface area contributed by atoms with Gasteiger partial charge in [0.1, 0.15) is 17.9 Å². The number of rotatable bonds is 8. The minimum atomic E-state index is -0.345. The zero-order valence-electron chi connectivity index (χ0n) is 18.4. The third kappa shape index (κ3) is 5.97. The molecule has 2 aromatic carbocycles. The number of aldehydes is 1. The van der Waals surface area contributed by atoms with Crippen molar-refractivity contribution in [1.82, 2.24) is 20.2 Å². The molecule has 2 heterocycles. The van der Waals surface area contributed by atoms with E-state index < -0.39 is 0 Å². The zero-order valence-corrected chi connectivity index (χ0v) is 19.2. The van der Waals surface area contributed by atoms with E-state index in [2.05, 4.69) is 40.3 Å². The van der Waals surface area contributed by atoms with Crippen molar-refractivity contribution in [2.24, 2.45) is 0 Å². The first kappa shape index (κ1) is 23.0. The SMILES string of the molecule is Cc1ccc2nc(CN3CC=C(/C(=C/C=C\C=O)NCc4ccc(Cl)cc4F)CC3)[nH]c2c1. The smallest absolute Gasteiger partial charge is 0.142 e. The lowest BCUT2D eigenvalue weighted by Crippen LogP contribution is -2.30. The van der Waals surface area contributed by atoms with Crippen LogP contribution in [0.25, 0.3) is 11.0 Å². The van der Waals surface area contributed by atoms with Crippen LogP contribution in [-0.4, -0.2) is 34.2 Å². The fourth-order valence-corrected chi connectivity index (χ4v) is 4.05. The Balaban J connectivity index is 1.43. The van der Waals surface area contributed by atoms with Crippen molar-refractivity contribution in [3.8, 4) is 0 Å². The molecule has 0 atom stereocenters. The Morgan fingerprint density at radius 2 is 2.15 bits per heavy atom. The molecular formula is C26H26ClFN4O. The molecule has 3 aromatic rings. The molecule has 0 saturated carbocycles. The predicted molar refractivity (Wildman–Crippen MR) is 130 cm³/mol. The van der Waals surface area contributed by atoms with Crippen LogP contribution in [-0.2, 0) is 17.9 Å². The highest BCUT2D eigenvalue weighted by atomic mass is 35.5. The molecule has 7 heteroatoms. The summed E-state index contributed by atoms with van der Waals surface area (Å²) < 4.78 is 14.2. The van der Waals surface area contributed by atoms with Crippen LogP contribution in [0, 0.1) is 12.7 Å². The molecule has 1 aromatic heterocycles. The highest BCUT2D eigenvalue weighted by Crippen LogP contribution is 2.21. The second kappa shape index (κ2) is 10.6. The van der Waals surface area contributed by atoms with E-state index in [9.17, 15) is 9.18 Å². The largest absolute Gasteiger partial charge is 0.381 e. The molecule has 0 spiro atoms. The molecule has 0 saturated heterocycles. The number of nitrogens with one attached hydrogen (secondary N) is 2. The van der Waals surface area contributed by atoms with Crippen LogP contribution in [0.15, 0.2) is 72.0 Å². The van der Waals surface area contributed by atoms with Gasteiger partial charge in [0.15, 0.2) is 0 Å². The van der Waals surface area contributed by atoms with Gasteiger partial charge in [-0.2, -0.15) is 0 Å². The molecule has 33 heavy (non-hydrogen) atoms. The van der Waals surface area contributed by atoms with Crippen LogP contribution in [0.4, 0.5) is 4.39 Å². The third-order valence-electron chi connectivity index (χ3n) is 5.64. The Morgan fingerprint density at radius 1 is 1.27 bits per heavy atom. The summed E-state index contributed by atoms with van der Waals surface area (Å²) in [5.74, 6) is 0.607. The molecule has 170 valence electrons. The minimum Gasteiger partial charge on any atom is -0.381 e. The van der Waals surface area contributed by atoms with Crippen LogP contribution in [0.5, 0.6) is 0 Å². The summed E-state index contributed by atoms with van der Waals surface area (Å²) in [5.41, 5.74) is 5.79. The van der Waals surface area contributed by atoms with Gasteiger partial charge in [-0.05, 0) is 60.9 Å². The number of imidazole rings is 1. The highest BCUT2D eigenvalue weighted by molar-refractivity contribution is 6.30. The first-order valence-corrected chi connectivity index (χ1v) is 11.3. The normalized spacial score (nSPS) is 15.2. The van der Waals surface area contributed by atoms with Gasteiger partial charge in [0.25, 0.3) is 0 Å². The summed E-state index contributed by atoms with van der Waals surface area (Å²) in [5, 5.41) is 3.69. The van der Waals surface area contributed by atoms with E-state index >= 15 is 0 Å². The number of aromatic amines is 1. The number of aryl methyl sites for hydroxylation is 1. The van der Waals surface area contributed by atoms with Gasteiger partial charge >= 0.3 is 0 Å². The maximum absolute atomic E-state index is 14.2. The van der Waals surface area contributed by atoms with E-state index in [4.69, 9.17) is 16.6 Å². The topological polar surface area (TPSA) is 61.0 Å². The number of carbonyl (C=O) groups excluding carboxylic acids is 1. The molecule has 0 aliphatic carbocycles. The van der Waals surface area contributed by atoms with Crippen LogP contribution in [0.1, 0.15) is 23.4 Å². The predicted octanol–water partition coefficient (Wildman–Crippen LogP) is 5.22. The average molecular weight is 465 g/mol. The summed E-state index contributed by atoms with van der Waals surface area (Å²) in [7, 11) is 0. The Morgan fingerprint density at radius 3 is 2.91 bits per heavy atom. The van der Waals surface area contributed by atoms with Crippen molar-refractivity contribution in [2.45, 2.75) is 26.4 Å². The maximum Gasteiger partial charge on any atom is 0.142 e. The van der Waals surface area contributed by atoms with E-state index in [1.165, 1.54) is 17.7 Å². The van der Waals surface area contributed by atoms with Gasteiger partial charge in [0.05, 0.1) is 17.6 Å². The quantitative estimate of drug-likeness (QED) is 0.272. The summed E-state index contributed by atoms with van der Waals surface area (Å²) >= 11 is 5.85. The standard InChI is InChI=1S/C26H26ClFN4O/c1-18-5-8-24-25(14-18)31-26(30-24)17-32-11-9-19(10-12-32)23(4-2-3-13-33)29-16-20-6-7-21(27)15-22(20)28/h2-9,13-15,29H,10-12,16-17H2,1H3,(H,30,31)/b3-2-,23-4-. The molecule has 1 aliphatic heterocycles. The first-order chi connectivity index (χ1) is 16.0. The van der Waals surface area contributed by atoms with Crippen LogP contribution in [0.2, 0.25) is 5.02 Å². The second-order valence-corrected chi connectivity index (χ2v) is 8.55. The molecule has 0 amide bonds. The number of carbonyl (C=O) groups is 1. The number of halogens is 2. The Bertz CT molecular complexity index is 1240. The van der Waals surface area contributed by atoms with Crippen LogP contribution < -0.4 is 5.32 Å². The Hall–Kier alpha value is -3.22. The van der Waals surface area contributed by atoms with E-state index in [1.807, 2.05) is 12.1 Å². The second-order valence-electron chi connectivity index (χ2n) is 8.11. The fourth-order valence-electron chi connectivity index (χ4n) is 3.89. The molecule has 4 rings (SSSR count). The maximum atomic E-state index is 14.2. The van der Waals surface area contributed by atoms with Crippen molar-refractivity contribution in [3.63, 3.8) is 0 Å². The number of fused-ring (bicyclic) bond motifs is 1. The summed E-state index contributed by atoms with van der Waals surface area (Å²) in [6, 6.07) is 10.9. The lowest BCUT2D eigenvalue weighted by Gasteiger charge is -2.27. The van der Waals surface area contributed by atoms with Gasteiger partial charge in [0, 0.05) is 35.9 Å². The number of nitrogens with zero attached hydrogens (tertiary/aromatic N) is 2. The molecule has 1 aliphatic rings. The van der Waals surface area contributed by atoms with E-state index in [-0.39, 0.29) is 5.82 Å². The monoisotopic (exact) mass is 464 g/mol. The van der Waals surface area contributed by atoms with Gasteiger partial charge in [-0.1, -0.05) is 35.9 Å². The van der Waals surface area contributed by atoms with Crippen molar-refractivity contribution in [1.29, 1.82) is 0 Å². The van der Waals surface area contributed by atoms with Gasteiger partial charge < -0.3 is 10.3 Å². The molecule has 0 fully saturated rings. The lowest BCUT2D eigenvalue weighted by molar-refractivity contribution is -0.104. The number of aromatic nitrogens is 2. The fraction of sp³-hybridized carbons (Fsp3) is 0.231. The summed E-state index contributed by atoms with van der Waals surface area (Å²) in [4.78, 5) is 21.1. The zero-order chi connectivity index (χ0) is 23.2. The average Bonchev–Trinajstić information content (AvgIpc) is 3.19. The Labute approximate surface area is 197 Å². The Kier molecular flexibility index (Phi) is 7.37. The number of benzene rings is 2. The van der Waals surface area contributed by atoms with Crippen molar-refractivity contribution in [2.75, 3.05) is 13.1 Å². The van der Waals surface area contributed by atoms with Crippen LogP contribution in [0.3, 0.4) is 0 Å². The molecule has 0 bridgehead atoms. The van der Waals surface area contributed by atoms with E-state index in [0.717, 1.165) is 60.5 Å². The number of H-pyrrole nitrogens is 1. The molecule has 0 unspecified atom stereocenters. The van der Waals surface area contributed by atoms with Gasteiger partial charge in [-0.15, -0.1) is 0 Å². The number of hydrogen-bond acceptors (Lipinski definition) is 4. The molecule has 0 radical (unpaired) electrons. The summed E-state index contributed by atoms with van der Waals surface area (Å²) in [6.07, 6.45) is 8.71. The van der Waals surface area contributed by atoms with Gasteiger partial charge in [-0.25, -0.2) is 9.37 Å². The van der Waals surface area contributed by atoms with Crippen LogP contribution >= 0.6 is 11.6 Å². The number of hydrogen-bond donors (Lipinski definition) is 2. The molecule has 2 N–H and O–H groups in total. The lowest BCUT2D eigenvalue weighted by atomic mass is 10.0. The molecular weight excluding hydrogens is 439 g/mol. The number of allylic oxidation sites excluding steroid dienone is 4. The highest BCUT2D eigenvalue weighted by Gasteiger charge is 2.16.